The van der Waals surface area contributed by atoms with Crippen molar-refractivity contribution in [2.75, 3.05) is 16.2 Å². The number of nitrogens with zero attached hydrogens (tertiary/aromatic N) is 1. The largest absolute Gasteiger partial charge is 0.484 e. The molecule has 1 atom stereocenters. The van der Waals surface area contributed by atoms with E-state index in [2.05, 4.69) is 4.72 Å². The van der Waals surface area contributed by atoms with E-state index in [0.717, 1.165) is 28.8 Å². The number of aryl methyl sites for hydroxylation is 2. The van der Waals surface area contributed by atoms with E-state index in [1.54, 1.807) is 23.1 Å². The monoisotopic (exact) mass is 450 g/mol. The fourth-order valence-corrected chi connectivity index (χ4v) is 5.05. The molecule has 0 spiro atoms. The Balaban J connectivity index is 1.42. The van der Waals surface area contributed by atoms with Crippen LogP contribution in [0.15, 0.2) is 71.6 Å². The molecule has 0 aromatic heterocycles. The molecular weight excluding hydrogens is 424 g/mol. The molecule has 4 rings (SSSR count). The summed E-state index contributed by atoms with van der Waals surface area (Å²) in [6.07, 6.45) is 0.821. The van der Waals surface area contributed by atoms with E-state index in [1.807, 2.05) is 57.2 Å². The van der Waals surface area contributed by atoms with Crippen molar-refractivity contribution in [2.45, 2.75) is 38.1 Å². The standard InChI is InChI=1S/C25H26N2O4S/c1-17-8-9-18(2)23(14-17)26-32(29,30)22-12-10-21(11-13-22)31-16-25(28)27-19(3)15-20-6-4-5-7-24(20)27/h4-14,19,26H,15-16H2,1-3H3/t19-/m0/s1. The molecule has 1 amide bonds. The summed E-state index contributed by atoms with van der Waals surface area (Å²) in [5, 5.41) is 0. The van der Waals surface area contributed by atoms with Crippen molar-refractivity contribution in [1.82, 2.24) is 0 Å². The third-order valence-electron chi connectivity index (χ3n) is 5.61. The number of para-hydroxylation sites is 1. The van der Waals surface area contributed by atoms with Gasteiger partial charge in [0.1, 0.15) is 5.75 Å². The van der Waals surface area contributed by atoms with Crippen LogP contribution < -0.4 is 14.4 Å². The minimum Gasteiger partial charge on any atom is -0.484 e. The Kier molecular flexibility index (Phi) is 5.93. The molecule has 1 aliphatic heterocycles. The number of rotatable bonds is 6. The zero-order valence-corrected chi connectivity index (χ0v) is 19.1. The zero-order valence-electron chi connectivity index (χ0n) is 18.3. The summed E-state index contributed by atoms with van der Waals surface area (Å²) in [5.74, 6) is 0.305. The number of carbonyl (C=O) groups is 1. The zero-order chi connectivity index (χ0) is 22.9. The van der Waals surface area contributed by atoms with Gasteiger partial charge in [0, 0.05) is 11.7 Å². The maximum Gasteiger partial charge on any atom is 0.265 e. The Labute approximate surface area is 188 Å². The van der Waals surface area contributed by atoms with Gasteiger partial charge < -0.3 is 9.64 Å². The molecule has 0 saturated carbocycles. The SMILES string of the molecule is Cc1ccc(C)c(NS(=O)(=O)c2ccc(OCC(=O)N3c4ccccc4C[C@@H]3C)cc2)c1. The van der Waals surface area contributed by atoms with Gasteiger partial charge >= 0.3 is 0 Å². The highest BCUT2D eigenvalue weighted by atomic mass is 32.2. The summed E-state index contributed by atoms with van der Waals surface area (Å²) in [6, 6.07) is 19.6. The predicted molar refractivity (Wildman–Crippen MR) is 126 cm³/mol. The van der Waals surface area contributed by atoms with Gasteiger partial charge in [-0.25, -0.2) is 8.42 Å². The Morgan fingerprint density at radius 1 is 1.06 bits per heavy atom. The topological polar surface area (TPSA) is 75.7 Å². The molecular formula is C25H26N2O4S. The van der Waals surface area contributed by atoms with Crippen molar-refractivity contribution >= 4 is 27.3 Å². The molecule has 1 aliphatic rings. The van der Waals surface area contributed by atoms with E-state index in [1.165, 1.54) is 12.1 Å². The molecule has 166 valence electrons. The minimum atomic E-state index is -3.74. The summed E-state index contributed by atoms with van der Waals surface area (Å²) < 4.78 is 33.8. The van der Waals surface area contributed by atoms with E-state index in [-0.39, 0.29) is 23.5 Å². The number of benzene rings is 3. The smallest absolute Gasteiger partial charge is 0.265 e. The predicted octanol–water partition coefficient (Wildman–Crippen LogP) is 4.46. The number of nitrogens with one attached hydrogen (secondary N) is 1. The Hall–Kier alpha value is -3.32. The van der Waals surface area contributed by atoms with Gasteiger partial charge in [0.15, 0.2) is 6.61 Å². The summed E-state index contributed by atoms with van der Waals surface area (Å²) in [6.45, 7) is 5.66. The van der Waals surface area contributed by atoms with Gasteiger partial charge in [-0.15, -0.1) is 0 Å². The van der Waals surface area contributed by atoms with Gasteiger partial charge in [-0.1, -0.05) is 30.3 Å². The second-order valence-corrected chi connectivity index (χ2v) is 9.81. The van der Waals surface area contributed by atoms with Crippen LogP contribution in [-0.4, -0.2) is 27.0 Å². The normalized spacial score (nSPS) is 15.3. The minimum absolute atomic E-state index is 0.0761. The molecule has 0 bridgehead atoms. The molecule has 7 heteroatoms. The lowest BCUT2D eigenvalue weighted by Gasteiger charge is -2.22. The molecule has 1 N–H and O–H groups in total. The summed E-state index contributed by atoms with van der Waals surface area (Å²) in [4.78, 5) is 14.7. The van der Waals surface area contributed by atoms with Gasteiger partial charge in [-0.3, -0.25) is 9.52 Å². The first-order chi connectivity index (χ1) is 15.2. The number of carbonyl (C=O) groups excluding carboxylic acids is 1. The van der Waals surface area contributed by atoms with Crippen LogP contribution in [0.1, 0.15) is 23.6 Å². The highest BCUT2D eigenvalue weighted by molar-refractivity contribution is 7.92. The molecule has 0 unspecified atom stereocenters. The van der Waals surface area contributed by atoms with E-state index >= 15 is 0 Å². The number of anilines is 2. The summed E-state index contributed by atoms with van der Waals surface area (Å²) in [5.41, 5.74) is 4.44. The number of fused-ring (bicyclic) bond motifs is 1. The lowest BCUT2D eigenvalue weighted by atomic mass is 10.1. The van der Waals surface area contributed by atoms with Crippen molar-refractivity contribution in [1.29, 1.82) is 0 Å². The molecule has 0 fully saturated rings. The molecule has 0 radical (unpaired) electrons. The average molecular weight is 451 g/mol. The van der Waals surface area contributed by atoms with Crippen LogP contribution in [0.3, 0.4) is 0 Å². The Bertz CT molecular complexity index is 1250. The van der Waals surface area contributed by atoms with Crippen LogP contribution in [0.2, 0.25) is 0 Å². The lowest BCUT2D eigenvalue weighted by Crippen LogP contribution is -2.39. The summed E-state index contributed by atoms with van der Waals surface area (Å²) in [7, 11) is -3.74. The van der Waals surface area contributed by atoms with E-state index in [0.29, 0.717) is 11.4 Å². The fraction of sp³-hybridized carbons (Fsp3) is 0.240. The van der Waals surface area contributed by atoms with Crippen molar-refractivity contribution < 1.29 is 17.9 Å². The van der Waals surface area contributed by atoms with Crippen LogP contribution >= 0.6 is 0 Å². The van der Waals surface area contributed by atoms with Crippen LogP contribution in [0.4, 0.5) is 11.4 Å². The number of sulfonamides is 1. The maximum atomic E-state index is 12.8. The highest BCUT2D eigenvalue weighted by Gasteiger charge is 2.30. The number of hydrogen-bond donors (Lipinski definition) is 1. The maximum absolute atomic E-state index is 12.8. The van der Waals surface area contributed by atoms with Crippen molar-refractivity contribution in [3.05, 3.63) is 83.4 Å². The number of amides is 1. The second kappa shape index (κ2) is 8.67. The van der Waals surface area contributed by atoms with Crippen LogP contribution in [0, 0.1) is 13.8 Å². The fourth-order valence-electron chi connectivity index (χ4n) is 3.92. The number of ether oxygens (including phenoxy) is 1. The molecule has 0 saturated heterocycles. The molecule has 32 heavy (non-hydrogen) atoms. The molecule has 3 aromatic rings. The quantitative estimate of drug-likeness (QED) is 0.602. The van der Waals surface area contributed by atoms with Gasteiger partial charge in [0.05, 0.1) is 10.6 Å². The van der Waals surface area contributed by atoms with Gasteiger partial charge in [0.25, 0.3) is 15.9 Å². The highest BCUT2D eigenvalue weighted by Crippen LogP contribution is 2.32. The van der Waals surface area contributed by atoms with Crippen LogP contribution in [0.5, 0.6) is 5.75 Å². The van der Waals surface area contributed by atoms with Crippen molar-refractivity contribution in [3.8, 4) is 5.75 Å². The Morgan fingerprint density at radius 3 is 2.53 bits per heavy atom. The molecule has 0 aliphatic carbocycles. The van der Waals surface area contributed by atoms with E-state index in [9.17, 15) is 13.2 Å². The first kappa shape index (κ1) is 21.9. The van der Waals surface area contributed by atoms with Crippen molar-refractivity contribution in [2.24, 2.45) is 0 Å². The van der Waals surface area contributed by atoms with Crippen molar-refractivity contribution in [3.63, 3.8) is 0 Å². The van der Waals surface area contributed by atoms with Crippen LogP contribution in [-0.2, 0) is 21.2 Å². The third kappa shape index (κ3) is 4.48. The molecule has 3 aromatic carbocycles. The van der Waals surface area contributed by atoms with E-state index in [4.69, 9.17) is 4.74 Å². The van der Waals surface area contributed by atoms with Gasteiger partial charge in [-0.05, 0) is 80.3 Å². The first-order valence-electron chi connectivity index (χ1n) is 10.5. The van der Waals surface area contributed by atoms with Crippen LogP contribution in [0.25, 0.3) is 0 Å². The molecule has 6 nitrogen and oxygen atoms in total. The van der Waals surface area contributed by atoms with Gasteiger partial charge in [0.2, 0.25) is 0 Å². The second-order valence-electron chi connectivity index (χ2n) is 8.13. The molecule has 1 heterocycles. The lowest BCUT2D eigenvalue weighted by molar-refractivity contribution is -0.120. The average Bonchev–Trinajstić information content (AvgIpc) is 3.10. The first-order valence-corrected chi connectivity index (χ1v) is 12.0. The van der Waals surface area contributed by atoms with Gasteiger partial charge in [-0.2, -0.15) is 0 Å². The summed E-state index contributed by atoms with van der Waals surface area (Å²) >= 11 is 0. The third-order valence-corrected chi connectivity index (χ3v) is 6.99. The Morgan fingerprint density at radius 2 is 1.78 bits per heavy atom. The van der Waals surface area contributed by atoms with E-state index < -0.39 is 10.0 Å². The number of hydrogen-bond acceptors (Lipinski definition) is 4.